The lowest BCUT2D eigenvalue weighted by atomic mass is 10.2. The monoisotopic (exact) mass is 380 g/mol. The van der Waals surface area contributed by atoms with E-state index in [1.807, 2.05) is 0 Å². The van der Waals surface area contributed by atoms with Crippen LogP contribution >= 0.6 is 46.0 Å². The van der Waals surface area contributed by atoms with Gasteiger partial charge in [0.1, 0.15) is 20.7 Å². The highest BCUT2D eigenvalue weighted by atomic mass is 33.1. The van der Waals surface area contributed by atoms with Gasteiger partial charge in [0.25, 0.3) is 0 Å². The van der Waals surface area contributed by atoms with E-state index in [-0.39, 0.29) is 0 Å². The SMILES string of the molecule is O=C(O)[C@@H]1CCCN1C(=S)SSC(=S)N1CCC[C@H]1C(=O)O. The number of hydrogen-bond donors (Lipinski definition) is 2. The fourth-order valence-corrected chi connectivity index (χ4v) is 5.47. The van der Waals surface area contributed by atoms with E-state index in [4.69, 9.17) is 34.6 Å². The lowest BCUT2D eigenvalue weighted by molar-refractivity contribution is -0.141. The number of carboxylic acids is 2. The van der Waals surface area contributed by atoms with Gasteiger partial charge in [0.2, 0.25) is 0 Å². The molecular weight excluding hydrogens is 364 g/mol. The summed E-state index contributed by atoms with van der Waals surface area (Å²) in [5.41, 5.74) is 0. The van der Waals surface area contributed by atoms with Crippen LogP contribution in [0.25, 0.3) is 0 Å². The van der Waals surface area contributed by atoms with E-state index in [0.717, 1.165) is 12.8 Å². The molecule has 0 unspecified atom stereocenters. The maximum absolute atomic E-state index is 11.2. The molecule has 0 aromatic rings. The number of aliphatic carboxylic acids is 2. The van der Waals surface area contributed by atoms with E-state index >= 15 is 0 Å². The van der Waals surface area contributed by atoms with Crippen molar-refractivity contribution < 1.29 is 19.8 Å². The molecule has 2 atom stereocenters. The van der Waals surface area contributed by atoms with Crippen LogP contribution in [0.4, 0.5) is 0 Å². The Bertz CT molecular complexity index is 458. The van der Waals surface area contributed by atoms with Crippen LogP contribution in [0.5, 0.6) is 0 Å². The summed E-state index contributed by atoms with van der Waals surface area (Å²) in [4.78, 5) is 25.7. The lowest BCUT2D eigenvalue weighted by Gasteiger charge is -2.25. The maximum Gasteiger partial charge on any atom is 0.326 e. The second-order valence-corrected chi connectivity index (χ2v) is 8.47. The minimum atomic E-state index is -0.862. The number of rotatable bonds is 2. The molecule has 0 aromatic carbocycles. The first kappa shape index (κ1) is 17.8. The molecule has 0 aliphatic carbocycles. The van der Waals surface area contributed by atoms with E-state index in [2.05, 4.69) is 0 Å². The Morgan fingerprint density at radius 3 is 1.55 bits per heavy atom. The van der Waals surface area contributed by atoms with Gasteiger partial charge in [0.05, 0.1) is 0 Å². The standard InChI is InChI=1S/C12H16N2O4S4/c15-9(16)7-3-1-5-13(7)11(19)21-22-12(20)14-6-2-4-8(14)10(17)18/h7-8H,1-6H2,(H,15,16)(H,17,18)/t7-,8-/m0/s1. The molecule has 0 spiro atoms. The number of carboxylic acid groups (broad SMARTS) is 2. The van der Waals surface area contributed by atoms with Crippen LogP contribution in [-0.2, 0) is 9.59 Å². The van der Waals surface area contributed by atoms with Gasteiger partial charge in [-0.1, -0.05) is 24.4 Å². The molecule has 2 N–H and O–H groups in total. The van der Waals surface area contributed by atoms with Gasteiger partial charge in [-0.3, -0.25) is 0 Å². The molecule has 6 nitrogen and oxygen atoms in total. The molecule has 10 heteroatoms. The van der Waals surface area contributed by atoms with Crippen molar-refractivity contribution >= 4 is 66.6 Å². The summed E-state index contributed by atoms with van der Waals surface area (Å²) in [6, 6.07) is -1.12. The van der Waals surface area contributed by atoms with Crippen molar-refractivity contribution in [2.45, 2.75) is 37.8 Å². The fraction of sp³-hybridized carbons (Fsp3) is 0.667. The van der Waals surface area contributed by atoms with Crippen molar-refractivity contribution in [1.82, 2.24) is 9.80 Å². The van der Waals surface area contributed by atoms with Crippen molar-refractivity contribution in [1.29, 1.82) is 0 Å². The Morgan fingerprint density at radius 1 is 0.864 bits per heavy atom. The first-order valence-electron chi connectivity index (χ1n) is 6.83. The quantitative estimate of drug-likeness (QED) is 0.548. The van der Waals surface area contributed by atoms with Crippen molar-refractivity contribution in [3.05, 3.63) is 0 Å². The van der Waals surface area contributed by atoms with Crippen molar-refractivity contribution in [3.63, 3.8) is 0 Å². The van der Waals surface area contributed by atoms with Crippen molar-refractivity contribution in [2.24, 2.45) is 0 Å². The van der Waals surface area contributed by atoms with Crippen LogP contribution in [0.1, 0.15) is 25.7 Å². The van der Waals surface area contributed by atoms with Gasteiger partial charge >= 0.3 is 11.9 Å². The minimum Gasteiger partial charge on any atom is -0.480 e. The molecule has 2 aliphatic heterocycles. The smallest absolute Gasteiger partial charge is 0.326 e. The highest BCUT2D eigenvalue weighted by Gasteiger charge is 2.34. The highest BCUT2D eigenvalue weighted by molar-refractivity contribution is 8.89. The van der Waals surface area contributed by atoms with Crippen molar-refractivity contribution in [2.75, 3.05) is 13.1 Å². The predicted molar refractivity (Wildman–Crippen MR) is 95.1 cm³/mol. The average Bonchev–Trinajstić information content (AvgIpc) is 3.12. The molecule has 0 amide bonds. The molecule has 2 saturated heterocycles. The third kappa shape index (κ3) is 4.03. The van der Waals surface area contributed by atoms with Crippen LogP contribution in [0.15, 0.2) is 0 Å². The maximum atomic E-state index is 11.2. The van der Waals surface area contributed by atoms with Gasteiger partial charge in [0, 0.05) is 13.1 Å². The van der Waals surface area contributed by atoms with Crippen LogP contribution < -0.4 is 0 Å². The molecule has 0 bridgehead atoms. The second kappa shape index (κ2) is 7.80. The van der Waals surface area contributed by atoms with Gasteiger partial charge in [-0.15, -0.1) is 0 Å². The van der Waals surface area contributed by atoms with E-state index in [1.165, 1.54) is 21.6 Å². The van der Waals surface area contributed by atoms with E-state index in [0.29, 0.717) is 34.6 Å². The molecule has 0 saturated carbocycles. The number of likely N-dealkylation sites (tertiary alicyclic amines) is 2. The fourth-order valence-electron chi connectivity index (χ4n) is 2.65. The first-order valence-corrected chi connectivity index (χ1v) is 9.79. The van der Waals surface area contributed by atoms with E-state index in [1.54, 1.807) is 9.80 Å². The van der Waals surface area contributed by atoms with Crippen LogP contribution in [0.3, 0.4) is 0 Å². The molecule has 2 rings (SSSR count). The Balaban J connectivity index is 1.87. The van der Waals surface area contributed by atoms with Crippen molar-refractivity contribution in [3.8, 4) is 0 Å². The number of thiocarbonyl (C=S) groups is 2. The predicted octanol–water partition coefficient (Wildman–Crippen LogP) is 2.04. The summed E-state index contributed by atoms with van der Waals surface area (Å²) in [6.45, 7) is 1.27. The number of carbonyl (C=O) groups is 2. The van der Waals surface area contributed by atoms with Crippen LogP contribution in [0.2, 0.25) is 0 Å². The third-order valence-electron chi connectivity index (χ3n) is 3.73. The Labute approximate surface area is 147 Å². The Morgan fingerprint density at radius 2 is 1.23 bits per heavy atom. The van der Waals surface area contributed by atoms with Gasteiger partial charge in [-0.25, -0.2) is 9.59 Å². The molecule has 2 fully saturated rings. The molecule has 122 valence electrons. The molecule has 2 heterocycles. The highest BCUT2D eigenvalue weighted by Crippen LogP contribution is 2.34. The Hall–Kier alpha value is -0.580. The largest absolute Gasteiger partial charge is 0.480 e. The zero-order valence-corrected chi connectivity index (χ0v) is 14.9. The summed E-state index contributed by atoms with van der Waals surface area (Å²) >= 11 is 10.6. The van der Waals surface area contributed by atoms with E-state index < -0.39 is 24.0 Å². The van der Waals surface area contributed by atoms with Gasteiger partial charge in [-0.2, -0.15) is 0 Å². The summed E-state index contributed by atoms with van der Waals surface area (Å²) in [5.74, 6) is -1.72. The van der Waals surface area contributed by atoms with Crippen LogP contribution in [0, 0.1) is 0 Å². The topological polar surface area (TPSA) is 81.1 Å². The lowest BCUT2D eigenvalue weighted by Crippen LogP contribution is -2.39. The second-order valence-electron chi connectivity index (χ2n) is 5.08. The molecule has 0 aromatic heterocycles. The number of nitrogens with zero attached hydrogens (tertiary/aromatic N) is 2. The zero-order valence-electron chi connectivity index (χ0n) is 11.6. The summed E-state index contributed by atoms with van der Waals surface area (Å²) < 4.78 is 0.978. The minimum absolute atomic E-state index is 0.489. The zero-order chi connectivity index (χ0) is 16.3. The van der Waals surface area contributed by atoms with Gasteiger partial charge in [0.15, 0.2) is 0 Å². The van der Waals surface area contributed by atoms with E-state index in [9.17, 15) is 9.59 Å². The Kier molecular flexibility index (Phi) is 6.30. The number of hydrogen-bond acceptors (Lipinski definition) is 6. The molecule has 22 heavy (non-hydrogen) atoms. The normalized spacial score (nSPS) is 24.5. The summed E-state index contributed by atoms with van der Waals surface area (Å²) in [6.07, 6.45) is 2.80. The average molecular weight is 381 g/mol. The molecule has 0 radical (unpaired) electrons. The van der Waals surface area contributed by atoms with Gasteiger partial charge < -0.3 is 20.0 Å². The first-order chi connectivity index (χ1) is 10.4. The molecule has 2 aliphatic rings. The third-order valence-corrected chi connectivity index (χ3v) is 7.37. The molecular formula is C12H16N2O4S4. The van der Waals surface area contributed by atoms with Gasteiger partial charge in [-0.05, 0) is 47.3 Å². The van der Waals surface area contributed by atoms with Crippen LogP contribution in [-0.4, -0.2) is 65.8 Å². The summed E-state index contributed by atoms with van der Waals surface area (Å²) in [5, 5.41) is 18.3. The summed E-state index contributed by atoms with van der Waals surface area (Å²) in [7, 11) is 2.48.